The van der Waals surface area contributed by atoms with E-state index in [-0.39, 0.29) is 11.8 Å². The van der Waals surface area contributed by atoms with Gasteiger partial charge in [-0.15, -0.1) is 0 Å². The third-order valence-electron chi connectivity index (χ3n) is 2.77. The number of rotatable bonds is 2. The van der Waals surface area contributed by atoms with E-state index in [1.54, 1.807) is 0 Å². The van der Waals surface area contributed by atoms with Crippen LogP contribution in [0.15, 0.2) is 30.3 Å². The summed E-state index contributed by atoms with van der Waals surface area (Å²) in [6.45, 7) is 2.07. The Balaban J connectivity index is 2.39. The number of carbonyl (C=O) groups excluding carboxylic acids is 1. The summed E-state index contributed by atoms with van der Waals surface area (Å²) < 4.78 is 1.25. The van der Waals surface area contributed by atoms with E-state index in [1.807, 2.05) is 36.4 Å². The predicted octanol–water partition coefficient (Wildman–Crippen LogP) is 3.62. The molecule has 1 unspecified atom stereocenters. The lowest BCUT2D eigenvalue weighted by Gasteiger charge is -2.17. The first-order valence-corrected chi connectivity index (χ1v) is 5.85. The minimum atomic E-state index is -0.102. The van der Waals surface area contributed by atoms with Gasteiger partial charge in [-0.1, -0.05) is 43.7 Å². The zero-order valence-electron chi connectivity index (χ0n) is 9.19. The van der Waals surface area contributed by atoms with Crippen LogP contribution in [0, 0.1) is 5.92 Å². The zero-order chi connectivity index (χ0) is 11.5. The lowest BCUT2D eigenvalue weighted by atomic mass is 10.0. The van der Waals surface area contributed by atoms with Crippen molar-refractivity contribution >= 4 is 29.4 Å². The summed E-state index contributed by atoms with van der Waals surface area (Å²) in [5, 5.41) is 0. The fourth-order valence-electron chi connectivity index (χ4n) is 1.90. The molecular weight excluding hydrogens is 222 g/mol. The molecule has 1 atom stereocenters. The van der Waals surface area contributed by atoms with Crippen LogP contribution in [0.2, 0.25) is 0 Å². The Kier molecular flexibility index (Phi) is 3.30. The average molecular weight is 236 g/mol. The van der Waals surface area contributed by atoms with E-state index in [1.165, 1.54) is 4.42 Å². The monoisotopic (exact) mass is 235 g/mol. The first kappa shape index (κ1) is 11.2. The maximum Gasteiger partial charge on any atom is 0.248 e. The summed E-state index contributed by atoms with van der Waals surface area (Å²) >= 11 is 6.08. The molecule has 1 heterocycles. The molecule has 0 bridgehead atoms. The smallest absolute Gasteiger partial charge is 0.248 e. The van der Waals surface area contributed by atoms with E-state index in [0.717, 1.165) is 24.1 Å². The van der Waals surface area contributed by atoms with Crippen molar-refractivity contribution in [3.63, 3.8) is 0 Å². The molecule has 1 aromatic rings. The lowest BCUT2D eigenvalue weighted by Crippen LogP contribution is -2.27. The molecule has 2 rings (SSSR count). The first-order valence-electron chi connectivity index (χ1n) is 5.51. The summed E-state index contributed by atoms with van der Waals surface area (Å²) in [7, 11) is 0. The zero-order valence-corrected chi connectivity index (χ0v) is 9.95. The minimum Gasteiger partial charge on any atom is -0.272 e. The van der Waals surface area contributed by atoms with Crippen LogP contribution >= 0.6 is 11.8 Å². The van der Waals surface area contributed by atoms with Gasteiger partial charge in [-0.05, 0) is 18.1 Å². The van der Waals surface area contributed by atoms with Crippen molar-refractivity contribution in [2.75, 3.05) is 4.42 Å². The Morgan fingerprint density at radius 3 is 2.88 bits per heavy atom. The molecule has 0 spiro atoms. The van der Waals surface area contributed by atoms with Crippen LogP contribution in [-0.4, -0.2) is 5.91 Å². The van der Waals surface area contributed by atoms with Crippen LogP contribution in [0.5, 0.6) is 0 Å². The summed E-state index contributed by atoms with van der Waals surface area (Å²) in [6, 6.07) is 7.65. The molecular formula is C13H14ClNO. The summed E-state index contributed by atoms with van der Waals surface area (Å²) in [5.74, 6) is -0.139. The van der Waals surface area contributed by atoms with E-state index in [2.05, 4.69) is 6.92 Å². The van der Waals surface area contributed by atoms with Crippen molar-refractivity contribution in [1.29, 1.82) is 0 Å². The Hall–Kier alpha value is -1.28. The second kappa shape index (κ2) is 4.71. The lowest BCUT2D eigenvalue weighted by molar-refractivity contribution is -0.120. The molecule has 0 aliphatic carbocycles. The Labute approximate surface area is 101 Å². The van der Waals surface area contributed by atoms with Crippen molar-refractivity contribution in [2.24, 2.45) is 5.92 Å². The van der Waals surface area contributed by atoms with Crippen molar-refractivity contribution in [3.05, 3.63) is 35.9 Å². The Bertz CT molecular complexity index is 428. The van der Waals surface area contributed by atoms with Gasteiger partial charge in [0.05, 0.1) is 11.6 Å². The molecule has 0 saturated heterocycles. The average Bonchev–Trinajstić information content (AvgIpc) is 2.43. The van der Waals surface area contributed by atoms with Crippen LogP contribution in [0.3, 0.4) is 0 Å². The molecule has 1 aromatic carbocycles. The van der Waals surface area contributed by atoms with Gasteiger partial charge >= 0.3 is 0 Å². The van der Waals surface area contributed by atoms with Gasteiger partial charge in [0.25, 0.3) is 0 Å². The number of para-hydroxylation sites is 1. The van der Waals surface area contributed by atoms with E-state index in [0.29, 0.717) is 0 Å². The fraction of sp³-hybridized carbons (Fsp3) is 0.308. The summed E-state index contributed by atoms with van der Waals surface area (Å²) in [6.07, 6.45) is 5.75. The number of nitrogens with zero attached hydrogens (tertiary/aromatic N) is 1. The van der Waals surface area contributed by atoms with Gasteiger partial charge < -0.3 is 0 Å². The number of anilines is 1. The third-order valence-corrected chi connectivity index (χ3v) is 3.12. The molecule has 1 aliphatic heterocycles. The van der Waals surface area contributed by atoms with E-state index in [4.69, 9.17) is 11.8 Å². The molecule has 0 saturated carbocycles. The van der Waals surface area contributed by atoms with Crippen LogP contribution < -0.4 is 4.42 Å². The fourth-order valence-corrected chi connectivity index (χ4v) is 2.18. The second-order valence-corrected chi connectivity index (χ2v) is 4.27. The number of carbonyl (C=O) groups is 1. The molecule has 1 aliphatic rings. The van der Waals surface area contributed by atoms with Gasteiger partial charge in [-0.3, -0.25) is 4.79 Å². The van der Waals surface area contributed by atoms with E-state index >= 15 is 0 Å². The summed E-state index contributed by atoms with van der Waals surface area (Å²) in [5.41, 5.74) is 1.76. The first-order chi connectivity index (χ1) is 7.74. The largest absolute Gasteiger partial charge is 0.272 e. The topological polar surface area (TPSA) is 20.3 Å². The molecule has 16 heavy (non-hydrogen) atoms. The Morgan fingerprint density at radius 1 is 1.38 bits per heavy atom. The van der Waals surface area contributed by atoms with Crippen LogP contribution in [0.4, 0.5) is 5.69 Å². The van der Waals surface area contributed by atoms with Gasteiger partial charge in [0.2, 0.25) is 5.91 Å². The van der Waals surface area contributed by atoms with Gasteiger partial charge in [0, 0.05) is 11.8 Å². The normalized spacial score (nSPS) is 19.5. The highest BCUT2D eigenvalue weighted by Gasteiger charge is 2.25. The molecule has 84 valence electrons. The molecule has 1 amide bonds. The van der Waals surface area contributed by atoms with Gasteiger partial charge in [-0.2, -0.15) is 0 Å². The van der Waals surface area contributed by atoms with Gasteiger partial charge in [0.1, 0.15) is 0 Å². The van der Waals surface area contributed by atoms with Crippen LogP contribution in [-0.2, 0) is 4.79 Å². The molecule has 2 nitrogen and oxygen atoms in total. The van der Waals surface area contributed by atoms with Crippen LogP contribution in [0.25, 0.3) is 6.08 Å². The number of benzene rings is 1. The number of fused-ring (bicyclic) bond motifs is 1. The van der Waals surface area contributed by atoms with Crippen molar-refractivity contribution in [1.82, 2.24) is 0 Å². The molecule has 0 aromatic heterocycles. The maximum atomic E-state index is 12.0. The highest BCUT2D eigenvalue weighted by molar-refractivity contribution is 6.37. The van der Waals surface area contributed by atoms with Crippen molar-refractivity contribution < 1.29 is 4.79 Å². The van der Waals surface area contributed by atoms with Crippen molar-refractivity contribution in [2.45, 2.75) is 19.8 Å². The quantitative estimate of drug-likeness (QED) is 0.717. The highest BCUT2D eigenvalue weighted by atomic mass is 35.5. The van der Waals surface area contributed by atoms with E-state index < -0.39 is 0 Å². The molecule has 0 N–H and O–H groups in total. The minimum absolute atomic E-state index is 0.0373. The number of hydrogen-bond donors (Lipinski definition) is 0. The molecule has 0 fully saturated rings. The third kappa shape index (κ3) is 1.98. The molecule has 0 radical (unpaired) electrons. The maximum absolute atomic E-state index is 12.0. The second-order valence-electron chi connectivity index (χ2n) is 3.93. The van der Waals surface area contributed by atoms with E-state index in [9.17, 15) is 4.79 Å². The van der Waals surface area contributed by atoms with Crippen LogP contribution in [0.1, 0.15) is 25.3 Å². The number of amides is 1. The number of hydrogen-bond acceptors (Lipinski definition) is 1. The predicted molar refractivity (Wildman–Crippen MR) is 67.2 cm³/mol. The van der Waals surface area contributed by atoms with Gasteiger partial charge in [0.15, 0.2) is 0 Å². The highest BCUT2D eigenvalue weighted by Crippen LogP contribution is 2.30. The SMILES string of the molecule is CCCC1C=Cc2ccccc2N(Cl)C1=O. The summed E-state index contributed by atoms with van der Waals surface area (Å²) in [4.78, 5) is 12.0. The number of halogens is 1. The van der Waals surface area contributed by atoms with Crippen molar-refractivity contribution in [3.8, 4) is 0 Å². The Morgan fingerprint density at radius 2 is 2.12 bits per heavy atom. The standard InChI is InChI=1S/C13H14ClNO/c1-2-5-11-9-8-10-6-3-4-7-12(10)15(14)13(11)16/h3-4,6-9,11H,2,5H2,1H3. The van der Waals surface area contributed by atoms with Gasteiger partial charge in [-0.25, -0.2) is 4.42 Å². The molecule has 3 heteroatoms.